The first-order valence-corrected chi connectivity index (χ1v) is 6.48. The molecule has 0 aliphatic heterocycles. The van der Waals surface area contributed by atoms with Gasteiger partial charge in [0.25, 0.3) is 0 Å². The van der Waals surface area contributed by atoms with Crippen molar-refractivity contribution < 1.29 is 19.1 Å². The number of hydrogen-bond acceptors (Lipinski definition) is 5. The van der Waals surface area contributed by atoms with E-state index in [0.717, 1.165) is 0 Å². The smallest absolute Gasteiger partial charge is 0.322 e. The van der Waals surface area contributed by atoms with Crippen LogP contribution in [0, 0.1) is 0 Å². The van der Waals surface area contributed by atoms with Crippen LogP contribution < -0.4 is 0 Å². The molecule has 0 aliphatic rings. The molecule has 78 valence electrons. The van der Waals surface area contributed by atoms with Gasteiger partial charge in [-0.2, -0.15) is 0 Å². The van der Waals surface area contributed by atoms with Gasteiger partial charge in [-0.1, -0.05) is 9.83 Å². The van der Waals surface area contributed by atoms with Crippen molar-refractivity contribution in [2.24, 2.45) is 5.16 Å². The Morgan fingerprint density at radius 1 is 1.69 bits per heavy atom. The topological polar surface area (TPSA) is 60.3 Å². The summed E-state index contributed by atoms with van der Waals surface area (Å²) in [5.41, 5.74) is 0.640. The van der Waals surface area contributed by atoms with Crippen LogP contribution >= 0.6 is 18.3 Å². The molecule has 1 N–H and O–H groups in total. The number of nitrogens with zero attached hydrogens (tertiary/aromatic N) is 1. The predicted octanol–water partition coefficient (Wildman–Crippen LogP) is 1.80. The quantitative estimate of drug-likeness (QED) is 0.255. The average Bonchev–Trinajstić information content (AvgIpc) is 2.05. The fourth-order valence-corrected chi connectivity index (χ4v) is 0.869. The largest absolute Gasteiger partial charge is 0.367 e. The second kappa shape index (κ2) is 6.70. The van der Waals surface area contributed by atoms with Crippen LogP contribution in [0.25, 0.3) is 0 Å². The molecule has 0 aromatic heterocycles. The lowest BCUT2D eigenvalue weighted by molar-refractivity contribution is -0.215. The van der Waals surface area contributed by atoms with Gasteiger partial charge in [0.15, 0.2) is 0 Å². The molecule has 0 spiro atoms. The van der Waals surface area contributed by atoms with Gasteiger partial charge in [0.1, 0.15) is 0 Å². The minimum Gasteiger partial charge on any atom is -0.322 e. The molecule has 1 atom stereocenters. The minimum absolute atomic E-state index is 0.441. The SMILES string of the molecule is COP(O)(=S)OON=C(C)CCCl. The molecule has 0 aromatic rings. The van der Waals surface area contributed by atoms with E-state index >= 15 is 0 Å². The first-order valence-electron chi connectivity index (χ1n) is 3.35. The molecule has 1 unspecified atom stereocenters. The van der Waals surface area contributed by atoms with Crippen molar-refractivity contribution in [3.05, 3.63) is 0 Å². The van der Waals surface area contributed by atoms with E-state index in [-0.39, 0.29) is 0 Å². The van der Waals surface area contributed by atoms with Gasteiger partial charge >= 0.3 is 6.72 Å². The van der Waals surface area contributed by atoms with E-state index < -0.39 is 6.72 Å². The average molecular weight is 248 g/mol. The number of alkyl halides is 1. The Bertz CT molecular complexity index is 225. The molecule has 13 heavy (non-hydrogen) atoms. The number of hydrogen-bond donors (Lipinski definition) is 1. The molecule has 0 aliphatic carbocycles. The van der Waals surface area contributed by atoms with Crippen molar-refractivity contribution in [2.45, 2.75) is 13.3 Å². The van der Waals surface area contributed by atoms with E-state index in [2.05, 4.69) is 31.1 Å². The molecule has 5 nitrogen and oxygen atoms in total. The van der Waals surface area contributed by atoms with E-state index in [4.69, 9.17) is 16.5 Å². The highest BCUT2D eigenvalue weighted by molar-refractivity contribution is 8.07. The van der Waals surface area contributed by atoms with Crippen LogP contribution in [0.4, 0.5) is 0 Å². The van der Waals surface area contributed by atoms with Crippen molar-refractivity contribution in [2.75, 3.05) is 13.0 Å². The summed E-state index contributed by atoms with van der Waals surface area (Å²) in [7, 11) is 1.22. The van der Waals surface area contributed by atoms with Crippen molar-refractivity contribution in [1.29, 1.82) is 0 Å². The van der Waals surface area contributed by atoms with Crippen LogP contribution in [0.15, 0.2) is 5.16 Å². The Morgan fingerprint density at radius 2 is 2.31 bits per heavy atom. The molecule has 0 saturated carbocycles. The maximum absolute atomic E-state index is 9.03. The number of oxime groups is 1. The Labute approximate surface area is 86.8 Å². The lowest BCUT2D eigenvalue weighted by Gasteiger charge is -2.07. The van der Waals surface area contributed by atoms with Crippen LogP contribution in [-0.2, 0) is 26.0 Å². The zero-order valence-electron chi connectivity index (χ0n) is 7.27. The van der Waals surface area contributed by atoms with Crippen LogP contribution in [0.3, 0.4) is 0 Å². The summed E-state index contributed by atoms with van der Waals surface area (Å²) in [4.78, 5) is 13.3. The van der Waals surface area contributed by atoms with E-state index in [9.17, 15) is 0 Å². The third-order valence-electron chi connectivity index (χ3n) is 1.01. The molecule has 0 heterocycles. The second-order valence-electron chi connectivity index (χ2n) is 2.07. The van der Waals surface area contributed by atoms with Crippen LogP contribution in [0.2, 0.25) is 0 Å². The molecule has 0 fully saturated rings. The summed E-state index contributed by atoms with van der Waals surface area (Å²) >= 11 is 9.89. The maximum atomic E-state index is 9.03. The summed E-state index contributed by atoms with van der Waals surface area (Å²) < 4.78 is 8.74. The normalized spacial score (nSPS) is 16.8. The molecular formula is C5H11ClNO4PS. The highest BCUT2D eigenvalue weighted by atomic mass is 35.5. The molecule has 8 heteroatoms. The highest BCUT2D eigenvalue weighted by Gasteiger charge is 2.14. The van der Waals surface area contributed by atoms with Crippen molar-refractivity contribution in [1.82, 2.24) is 0 Å². The van der Waals surface area contributed by atoms with E-state index in [1.165, 1.54) is 7.11 Å². The Kier molecular flexibility index (Phi) is 6.85. The van der Waals surface area contributed by atoms with E-state index in [0.29, 0.717) is 18.0 Å². The first kappa shape index (κ1) is 13.3. The minimum atomic E-state index is -3.28. The van der Waals surface area contributed by atoms with Gasteiger partial charge in [0.05, 0.1) is 5.71 Å². The monoisotopic (exact) mass is 247 g/mol. The Balaban J connectivity index is 3.78. The fourth-order valence-electron chi connectivity index (χ4n) is 0.335. The second-order valence-corrected chi connectivity index (χ2v) is 5.28. The summed E-state index contributed by atoms with van der Waals surface area (Å²) in [6.45, 7) is -1.57. The van der Waals surface area contributed by atoms with Gasteiger partial charge in [-0.3, -0.25) is 0 Å². The van der Waals surface area contributed by atoms with Crippen LogP contribution in [0.5, 0.6) is 0 Å². The van der Waals surface area contributed by atoms with E-state index in [1.807, 2.05) is 0 Å². The Morgan fingerprint density at radius 3 is 2.77 bits per heavy atom. The number of rotatable bonds is 6. The predicted molar refractivity (Wildman–Crippen MR) is 54.1 cm³/mol. The fraction of sp³-hybridized carbons (Fsp3) is 0.800. The lowest BCUT2D eigenvalue weighted by Crippen LogP contribution is -1.95. The molecular weight excluding hydrogens is 237 g/mol. The standard InChI is InChI=1S/C5H11ClNO4PS/c1-5(3-4-6)7-10-11-12(8,13)9-2/h3-4H2,1-2H3,(H,8,13). The Hall–Kier alpha value is 0.290. The highest BCUT2D eigenvalue weighted by Crippen LogP contribution is 2.42. The van der Waals surface area contributed by atoms with Crippen LogP contribution in [-0.4, -0.2) is 23.6 Å². The van der Waals surface area contributed by atoms with Gasteiger partial charge < -0.3 is 9.42 Å². The lowest BCUT2D eigenvalue weighted by atomic mass is 10.3. The van der Waals surface area contributed by atoms with Crippen molar-refractivity contribution in [3.63, 3.8) is 0 Å². The molecule has 0 rings (SSSR count). The zero-order valence-corrected chi connectivity index (χ0v) is 9.73. The van der Waals surface area contributed by atoms with E-state index in [1.54, 1.807) is 6.92 Å². The first-order chi connectivity index (χ1) is 6.02. The molecule has 0 saturated heterocycles. The maximum Gasteiger partial charge on any atom is 0.367 e. The van der Waals surface area contributed by atoms with Gasteiger partial charge in [-0.15, -0.1) is 11.6 Å². The van der Waals surface area contributed by atoms with Crippen molar-refractivity contribution >= 4 is 35.8 Å². The van der Waals surface area contributed by atoms with Gasteiger partial charge in [0, 0.05) is 19.4 Å². The summed E-state index contributed by atoms with van der Waals surface area (Å²) in [5.74, 6) is 0.441. The van der Waals surface area contributed by atoms with Gasteiger partial charge in [-0.05, 0) is 18.7 Å². The zero-order chi connectivity index (χ0) is 10.3. The van der Waals surface area contributed by atoms with Gasteiger partial charge in [-0.25, -0.2) is 4.99 Å². The summed E-state index contributed by atoms with van der Waals surface area (Å²) in [5, 5.41) is 3.48. The van der Waals surface area contributed by atoms with Crippen LogP contribution in [0.1, 0.15) is 13.3 Å². The molecule has 0 radical (unpaired) electrons. The third-order valence-corrected chi connectivity index (χ3v) is 2.54. The molecule has 0 bridgehead atoms. The molecule has 0 aromatic carbocycles. The third kappa shape index (κ3) is 7.37. The summed E-state index contributed by atoms with van der Waals surface area (Å²) in [6.07, 6.45) is 0.576. The summed E-state index contributed by atoms with van der Waals surface area (Å²) in [6, 6.07) is 0. The van der Waals surface area contributed by atoms with Gasteiger partial charge in [0.2, 0.25) is 0 Å². The molecule has 0 amide bonds. The van der Waals surface area contributed by atoms with Crippen molar-refractivity contribution in [3.8, 4) is 0 Å². The number of halogens is 1.